The number of esters is 1. The summed E-state index contributed by atoms with van der Waals surface area (Å²) >= 11 is 0. The summed E-state index contributed by atoms with van der Waals surface area (Å²) in [7, 11) is 0. The molecule has 5 atom stereocenters. The maximum absolute atomic E-state index is 12.8. The fourth-order valence-electron chi connectivity index (χ4n) is 3.69. The van der Waals surface area contributed by atoms with Crippen molar-refractivity contribution < 1.29 is 19.1 Å². The Morgan fingerprint density at radius 3 is 3.00 bits per heavy atom. The van der Waals surface area contributed by atoms with Crippen molar-refractivity contribution in [2.75, 3.05) is 13.2 Å². The highest BCUT2D eigenvalue weighted by atomic mass is 16.6. The maximum atomic E-state index is 12.8. The van der Waals surface area contributed by atoms with Crippen LogP contribution in [-0.2, 0) is 19.1 Å². The van der Waals surface area contributed by atoms with Gasteiger partial charge in [-0.05, 0) is 19.8 Å². The standard InChI is InChI=1S/C16H23NO4/c1-4-8-20-15(19)12-11-6-7-16(21-11)9-17(10(3)5-2)14(18)13(12)16/h6-7,10-13H,4-5,8-9H2,1-3H3. The number of hydrogen-bond donors (Lipinski definition) is 0. The predicted octanol–water partition coefficient (Wildman–Crippen LogP) is 1.52. The second-order valence-corrected chi connectivity index (χ2v) is 6.29. The molecule has 0 aromatic carbocycles. The van der Waals surface area contributed by atoms with Crippen molar-refractivity contribution in [2.45, 2.75) is 51.4 Å². The molecule has 3 aliphatic heterocycles. The second kappa shape index (κ2) is 5.13. The SMILES string of the molecule is CCCOC(=O)C1C2C=CC3(CN(C(C)CC)C(=O)C13)O2. The summed E-state index contributed by atoms with van der Waals surface area (Å²) in [5.41, 5.74) is -0.610. The Morgan fingerprint density at radius 1 is 1.57 bits per heavy atom. The number of rotatable bonds is 5. The van der Waals surface area contributed by atoms with Gasteiger partial charge in [-0.15, -0.1) is 0 Å². The molecule has 3 rings (SSSR count). The molecule has 3 aliphatic rings. The smallest absolute Gasteiger partial charge is 0.312 e. The number of ether oxygens (including phenoxy) is 2. The number of amides is 1. The average Bonchev–Trinajstić information content (AvgIpc) is 3.12. The molecular weight excluding hydrogens is 270 g/mol. The molecule has 5 nitrogen and oxygen atoms in total. The zero-order valence-corrected chi connectivity index (χ0v) is 12.9. The van der Waals surface area contributed by atoms with E-state index in [1.807, 2.05) is 30.9 Å². The molecule has 0 aliphatic carbocycles. The molecule has 116 valence electrons. The fourth-order valence-corrected chi connectivity index (χ4v) is 3.69. The van der Waals surface area contributed by atoms with E-state index >= 15 is 0 Å². The zero-order valence-electron chi connectivity index (χ0n) is 12.9. The molecule has 0 aromatic rings. The van der Waals surface area contributed by atoms with Crippen molar-refractivity contribution in [1.82, 2.24) is 4.90 Å². The average molecular weight is 293 g/mol. The van der Waals surface area contributed by atoms with Gasteiger partial charge in [0.05, 0.1) is 25.2 Å². The molecule has 21 heavy (non-hydrogen) atoms. The van der Waals surface area contributed by atoms with E-state index in [9.17, 15) is 9.59 Å². The highest BCUT2D eigenvalue weighted by Gasteiger charge is 2.67. The quantitative estimate of drug-likeness (QED) is 0.569. The van der Waals surface area contributed by atoms with Crippen LogP contribution < -0.4 is 0 Å². The van der Waals surface area contributed by atoms with Gasteiger partial charge in [0, 0.05) is 6.04 Å². The first-order valence-corrected chi connectivity index (χ1v) is 7.88. The normalized spacial score (nSPS) is 38.0. The number of carbonyl (C=O) groups excluding carboxylic acids is 2. The van der Waals surface area contributed by atoms with Crippen LogP contribution in [0.4, 0.5) is 0 Å². The maximum Gasteiger partial charge on any atom is 0.312 e. The molecule has 0 aromatic heterocycles. The second-order valence-electron chi connectivity index (χ2n) is 6.29. The van der Waals surface area contributed by atoms with Gasteiger partial charge in [0.25, 0.3) is 0 Å². The van der Waals surface area contributed by atoms with Gasteiger partial charge < -0.3 is 14.4 Å². The number of likely N-dealkylation sites (tertiary alicyclic amines) is 1. The summed E-state index contributed by atoms with van der Waals surface area (Å²) in [6, 6.07) is 0.167. The van der Waals surface area contributed by atoms with Gasteiger partial charge in [-0.2, -0.15) is 0 Å². The van der Waals surface area contributed by atoms with Crippen LogP contribution in [0.5, 0.6) is 0 Å². The largest absolute Gasteiger partial charge is 0.465 e. The molecule has 0 N–H and O–H groups in total. The van der Waals surface area contributed by atoms with E-state index < -0.39 is 17.4 Å². The molecule has 2 saturated heterocycles. The molecule has 5 heteroatoms. The molecular formula is C16H23NO4. The summed E-state index contributed by atoms with van der Waals surface area (Å²) in [6.07, 6.45) is 5.27. The van der Waals surface area contributed by atoms with Gasteiger partial charge in [-0.25, -0.2) is 0 Å². The van der Waals surface area contributed by atoms with Gasteiger partial charge in [0.1, 0.15) is 11.5 Å². The minimum absolute atomic E-state index is 0.0367. The van der Waals surface area contributed by atoms with E-state index in [1.54, 1.807) is 0 Å². The summed E-state index contributed by atoms with van der Waals surface area (Å²) in [5, 5.41) is 0. The van der Waals surface area contributed by atoms with Crippen LogP contribution in [0.25, 0.3) is 0 Å². The van der Waals surface area contributed by atoms with Crippen LogP contribution in [0, 0.1) is 11.8 Å². The molecule has 0 saturated carbocycles. The van der Waals surface area contributed by atoms with Crippen LogP contribution in [0.1, 0.15) is 33.6 Å². The summed E-state index contributed by atoms with van der Waals surface area (Å²) in [6.45, 7) is 7.00. The monoisotopic (exact) mass is 293 g/mol. The van der Waals surface area contributed by atoms with Crippen molar-refractivity contribution in [2.24, 2.45) is 11.8 Å². The number of fused-ring (bicyclic) bond motifs is 1. The number of hydrogen-bond acceptors (Lipinski definition) is 4. The summed E-state index contributed by atoms with van der Waals surface area (Å²) in [5.74, 6) is -1.15. The third-order valence-corrected chi connectivity index (χ3v) is 4.97. The first kappa shape index (κ1) is 14.6. The van der Waals surface area contributed by atoms with Crippen LogP contribution in [0.2, 0.25) is 0 Å². The predicted molar refractivity (Wildman–Crippen MR) is 76.4 cm³/mol. The van der Waals surface area contributed by atoms with Gasteiger partial charge in [0.2, 0.25) is 5.91 Å². The van der Waals surface area contributed by atoms with Crippen LogP contribution >= 0.6 is 0 Å². The van der Waals surface area contributed by atoms with E-state index in [0.29, 0.717) is 13.2 Å². The minimum atomic E-state index is -0.610. The Kier molecular flexibility index (Phi) is 3.56. The molecule has 1 spiro atoms. The lowest BCUT2D eigenvalue weighted by Gasteiger charge is -2.26. The lowest BCUT2D eigenvalue weighted by molar-refractivity contribution is -0.154. The number of carbonyl (C=O) groups is 2. The molecule has 1 amide bonds. The van der Waals surface area contributed by atoms with Crippen molar-refractivity contribution in [1.29, 1.82) is 0 Å². The van der Waals surface area contributed by atoms with E-state index in [-0.39, 0.29) is 24.0 Å². The van der Waals surface area contributed by atoms with Gasteiger partial charge in [0.15, 0.2) is 0 Å². The van der Waals surface area contributed by atoms with Crippen LogP contribution in [-0.4, -0.2) is 47.7 Å². The van der Waals surface area contributed by atoms with Crippen molar-refractivity contribution in [3.8, 4) is 0 Å². The highest BCUT2D eigenvalue weighted by molar-refractivity contribution is 5.91. The Hall–Kier alpha value is -1.36. The van der Waals surface area contributed by atoms with Gasteiger partial charge in [-0.3, -0.25) is 9.59 Å². The molecule has 2 bridgehead atoms. The lowest BCUT2D eigenvalue weighted by Crippen LogP contribution is -2.41. The Labute approximate surface area is 125 Å². The first-order chi connectivity index (χ1) is 10.0. The third kappa shape index (κ3) is 2.01. The van der Waals surface area contributed by atoms with Crippen molar-refractivity contribution >= 4 is 11.9 Å². The highest BCUT2D eigenvalue weighted by Crippen LogP contribution is 2.52. The van der Waals surface area contributed by atoms with Crippen molar-refractivity contribution in [3.05, 3.63) is 12.2 Å². The van der Waals surface area contributed by atoms with E-state index in [2.05, 4.69) is 6.92 Å². The van der Waals surface area contributed by atoms with E-state index in [1.165, 1.54) is 0 Å². The summed E-state index contributed by atoms with van der Waals surface area (Å²) in [4.78, 5) is 26.9. The third-order valence-electron chi connectivity index (χ3n) is 4.97. The fraction of sp³-hybridized carbons (Fsp3) is 0.750. The minimum Gasteiger partial charge on any atom is -0.465 e. The molecule has 3 heterocycles. The van der Waals surface area contributed by atoms with E-state index in [0.717, 1.165) is 12.8 Å². The lowest BCUT2D eigenvalue weighted by atomic mass is 9.77. The Bertz CT molecular complexity index is 489. The van der Waals surface area contributed by atoms with Gasteiger partial charge in [-0.1, -0.05) is 26.0 Å². The molecule has 2 fully saturated rings. The number of nitrogens with zero attached hydrogens (tertiary/aromatic N) is 1. The Balaban J connectivity index is 1.85. The van der Waals surface area contributed by atoms with Crippen LogP contribution in [0.3, 0.4) is 0 Å². The first-order valence-electron chi connectivity index (χ1n) is 7.88. The van der Waals surface area contributed by atoms with E-state index in [4.69, 9.17) is 9.47 Å². The zero-order chi connectivity index (χ0) is 15.2. The van der Waals surface area contributed by atoms with Crippen molar-refractivity contribution in [3.63, 3.8) is 0 Å². The summed E-state index contributed by atoms with van der Waals surface area (Å²) < 4.78 is 11.3. The van der Waals surface area contributed by atoms with Crippen LogP contribution in [0.15, 0.2) is 12.2 Å². The molecule has 5 unspecified atom stereocenters. The van der Waals surface area contributed by atoms with Gasteiger partial charge >= 0.3 is 5.97 Å². The topological polar surface area (TPSA) is 55.8 Å². The Morgan fingerprint density at radius 2 is 2.33 bits per heavy atom. The molecule has 0 radical (unpaired) electrons.